The maximum absolute atomic E-state index is 14.0. The van der Waals surface area contributed by atoms with Gasteiger partial charge in [0, 0.05) is 36.7 Å². The zero-order valence-electron chi connectivity index (χ0n) is 18.7. The zero-order chi connectivity index (χ0) is 25.6. The number of sulfone groups is 1. The molecule has 182 valence electrons. The summed E-state index contributed by atoms with van der Waals surface area (Å²) < 4.78 is 53.1. The molecule has 0 bridgehead atoms. The molecular weight excluding hydrogens is 510 g/mol. The zero-order valence-corrected chi connectivity index (χ0v) is 20.2. The Morgan fingerprint density at radius 2 is 1.89 bits per heavy atom. The summed E-state index contributed by atoms with van der Waals surface area (Å²) >= 11 is 6.05. The number of nitrogens with zero attached hydrogens (tertiary/aromatic N) is 5. The van der Waals surface area contributed by atoms with Gasteiger partial charge < -0.3 is 5.73 Å². The second kappa shape index (κ2) is 8.92. The van der Waals surface area contributed by atoms with E-state index in [0.717, 1.165) is 12.3 Å². The molecule has 2 aromatic carbocycles. The lowest BCUT2D eigenvalue weighted by Gasteiger charge is -2.08. The van der Waals surface area contributed by atoms with Crippen LogP contribution >= 0.6 is 11.6 Å². The van der Waals surface area contributed by atoms with Crippen LogP contribution < -0.4 is 5.73 Å². The third kappa shape index (κ3) is 4.38. The highest BCUT2D eigenvalue weighted by Gasteiger charge is 2.20. The van der Waals surface area contributed by atoms with E-state index in [1.165, 1.54) is 22.8 Å². The Balaban J connectivity index is 1.58. The Hall–Kier alpha value is -3.96. The smallest absolute Gasteiger partial charge is 0.182 e. The van der Waals surface area contributed by atoms with E-state index in [-0.39, 0.29) is 33.5 Å². The standard InChI is InChI=1S/C24H17ClF2N6O2S/c1-36(34,35)16-5-2-4-13(9-16)17-12-29-24(32-23(17)28)22-19-6-3-7-30-33(19)20(31-22)10-14-8-15(26)11-18(27)21(14)25/h2-9,11-12H,10H2,1H3,(H2,28,29,32). The number of anilines is 1. The van der Waals surface area contributed by atoms with Crippen molar-refractivity contribution in [3.8, 4) is 22.6 Å². The predicted molar refractivity (Wildman–Crippen MR) is 131 cm³/mol. The maximum atomic E-state index is 14.0. The molecule has 0 spiro atoms. The predicted octanol–water partition coefficient (Wildman–Crippen LogP) is 4.36. The highest BCUT2D eigenvalue weighted by molar-refractivity contribution is 7.90. The van der Waals surface area contributed by atoms with Crippen molar-refractivity contribution in [3.05, 3.63) is 89.0 Å². The maximum Gasteiger partial charge on any atom is 0.182 e. The number of fused-ring (bicyclic) bond motifs is 1. The molecular formula is C24H17ClF2N6O2S. The summed E-state index contributed by atoms with van der Waals surface area (Å²) in [5.41, 5.74) is 8.33. The Kier molecular flexibility index (Phi) is 5.89. The van der Waals surface area contributed by atoms with Crippen LogP contribution in [0, 0.1) is 11.6 Å². The summed E-state index contributed by atoms with van der Waals surface area (Å²) in [6, 6.07) is 11.6. The van der Waals surface area contributed by atoms with E-state index in [0.29, 0.717) is 34.2 Å². The van der Waals surface area contributed by atoms with Crippen molar-refractivity contribution in [3.63, 3.8) is 0 Å². The number of aromatic nitrogens is 5. The highest BCUT2D eigenvalue weighted by atomic mass is 35.5. The Bertz CT molecular complexity index is 1760. The van der Waals surface area contributed by atoms with Crippen LogP contribution in [-0.4, -0.2) is 39.2 Å². The minimum atomic E-state index is -3.41. The molecule has 0 unspecified atom stereocenters. The molecule has 3 heterocycles. The van der Waals surface area contributed by atoms with E-state index in [9.17, 15) is 17.2 Å². The fraction of sp³-hybridized carbons (Fsp3) is 0.0833. The summed E-state index contributed by atoms with van der Waals surface area (Å²) in [6.07, 6.45) is 4.15. The SMILES string of the molecule is CS(=O)(=O)c1cccc(-c2cnc(-c3nc(Cc4cc(F)cc(F)c4Cl)n4ncccc34)nc2N)c1. The largest absolute Gasteiger partial charge is 0.383 e. The van der Waals surface area contributed by atoms with Gasteiger partial charge in [0.2, 0.25) is 0 Å². The molecule has 0 saturated carbocycles. The topological polar surface area (TPSA) is 116 Å². The molecule has 0 radical (unpaired) electrons. The van der Waals surface area contributed by atoms with Crippen LogP contribution in [0.1, 0.15) is 11.4 Å². The number of imidazole rings is 1. The van der Waals surface area contributed by atoms with Crippen LogP contribution in [0.4, 0.5) is 14.6 Å². The highest BCUT2D eigenvalue weighted by Crippen LogP contribution is 2.30. The van der Waals surface area contributed by atoms with Gasteiger partial charge in [-0.25, -0.2) is 36.7 Å². The van der Waals surface area contributed by atoms with Gasteiger partial charge in [-0.05, 0) is 41.5 Å². The molecule has 3 aromatic heterocycles. The van der Waals surface area contributed by atoms with Crippen molar-refractivity contribution in [2.45, 2.75) is 11.3 Å². The van der Waals surface area contributed by atoms with Crippen LogP contribution in [0.25, 0.3) is 28.2 Å². The van der Waals surface area contributed by atoms with E-state index in [1.807, 2.05) is 0 Å². The van der Waals surface area contributed by atoms with Gasteiger partial charge >= 0.3 is 0 Å². The lowest BCUT2D eigenvalue weighted by Crippen LogP contribution is -2.01. The molecule has 5 aromatic rings. The lowest BCUT2D eigenvalue weighted by molar-refractivity contribution is 0.580. The second-order valence-electron chi connectivity index (χ2n) is 8.03. The minimum absolute atomic E-state index is 0.00244. The summed E-state index contributed by atoms with van der Waals surface area (Å²) in [5.74, 6) is -0.948. The van der Waals surface area contributed by atoms with Gasteiger partial charge in [-0.15, -0.1) is 0 Å². The van der Waals surface area contributed by atoms with Crippen molar-refractivity contribution in [2.24, 2.45) is 0 Å². The van der Waals surface area contributed by atoms with E-state index < -0.39 is 21.5 Å². The molecule has 0 atom stereocenters. The normalized spacial score (nSPS) is 11.8. The lowest BCUT2D eigenvalue weighted by atomic mass is 10.1. The van der Waals surface area contributed by atoms with Crippen molar-refractivity contribution in [1.29, 1.82) is 0 Å². The first kappa shape index (κ1) is 23.8. The number of rotatable bonds is 5. The quantitative estimate of drug-likeness (QED) is 0.338. The monoisotopic (exact) mass is 526 g/mol. The number of nitrogen functional groups attached to an aromatic ring is 1. The van der Waals surface area contributed by atoms with Gasteiger partial charge in [-0.2, -0.15) is 5.10 Å². The van der Waals surface area contributed by atoms with Gasteiger partial charge in [0.05, 0.1) is 15.4 Å². The first-order valence-electron chi connectivity index (χ1n) is 10.5. The Labute approximate surface area is 209 Å². The molecule has 8 nitrogen and oxygen atoms in total. The first-order valence-corrected chi connectivity index (χ1v) is 12.8. The summed E-state index contributed by atoms with van der Waals surface area (Å²) in [5, 5.41) is 4.10. The molecule has 0 saturated heterocycles. The van der Waals surface area contributed by atoms with Crippen LogP contribution in [0.3, 0.4) is 0 Å². The fourth-order valence-electron chi connectivity index (χ4n) is 3.80. The average molecular weight is 527 g/mol. The van der Waals surface area contributed by atoms with Crippen molar-refractivity contribution >= 4 is 32.8 Å². The molecule has 5 rings (SSSR count). The van der Waals surface area contributed by atoms with Gasteiger partial charge in [0.15, 0.2) is 15.7 Å². The van der Waals surface area contributed by atoms with Gasteiger partial charge in [0.1, 0.15) is 29.0 Å². The number of halogens is 3. The molecule has 12 heteroatoms. The minimum Gasteiger partial charge on any atom is -0.383 e. The van der Waals surface area contributed by atoms with E-state index >= 15 is 0 Å². The van der Waals surface area contributed by atoms with E-state index in [2.05, 4.69) is 20.1 Å². The van der Waals surface area contributed by atoms with Gasteiger partial charge in [0.25, 0.3) is 0 Å². The van der Waals surface area contributed by atoms with Crippen LogP contribution in [0.2, 0.25) is 5.02 Å². The molecule has 0 aliphatic heterocycles. The second-order valence-corrected chi connectivity index (χ2v) is 10.4. The van der Waals surface area contributed by atoms with Gasteiger partial charge in [-0.1, -0.05) is 23.7 Å². The number of hydrogen-bond acceptors (Lipinski definition) is 7. The summed E-state index contributed by atoms with van der Waals surface area (Å²) in [7, 11) is -3.41. The number of benzene rings is 2. The average Bonchev–Trinajstić information content (AvgIpc) is 3.20. The van der Waals surface area contributed by atoms with E-state index in [1.54, 1.807) is 30.5 Å². The number of nitrogens with two attached hydrogens (primary N) is 1. The Morgan fingerprint density at radius 1 is 1.08 bits per heavy atom. The summed E-state index contributed by atoms with van der Waals surface area (Å²) in [4.78, 5) is 13.5. The first-order chi connectivity index (χ1) is 17.1. The van der Waals surface area contributed by atoms with Crippen molar-refractivity contribution in [2.75, 3.05) is 12.0 Å². The third-order valence-corrected chi connectivity index (χ3v) is 7.03. The van der Waals surface area contributed by atoms with E-state index in [4.69, 9.17) is 17.3 Å². The molecule has 0 aliphatic rings. The molecule has 2 N–H and O–H groups in total. The van der Waals surface area contributed by atoms with Crippen LogP contribution in [-0.2, 0) is 16.3 Å². The molecule has 0 fully saturated rings. The van der Waals surface area contributed by atoms with Crippen LogP contribution in [0.15, 0.2) is 65.8 Å². The molecule has 36 heavy (non-hydrogen) atoms. The third-order valence-electron chi connectivity index (χ3n) is 5.50. The van der Waals surface area contributed by atoms with Crippen molar-refractivity contribution in [1.82, 2.24) is 24.6 Å². The van der Waals surface area contributed by atoms with Crippen molar-refractivity contribution < 1.29 is 17.2 Å². The molecule has 0 aliphatic carbocycles. The summed E-state index contributed by atoms with van der Waals surface area (Å²) in [6.45, 7) is 0. The number of hydrogen-bond donors (Lipinski definition) is 1. The van der Waals surface area contributed by atoms with Crippen LogP contribution in [0.5, 0.6) is 0 Å². The Morgan fingerprint density at radius 3 is 2.64 bits per heavy atom. The van der Waals surface area contributed by atoms with Gasteiger partial charge in [-0.3, -0.25) is 0 Å². The molecule has 0 amide bonds. The fourth-order valence-corrected chi connectivity index (χ4v) is 4.65.